The zero-order chi connectivity index (χ0) is 28.7. The average molecular weight is 562 g/mol. The molecule has 208 valence electrons. The van der Waals surface area contributed by atoms with Gasteiger partial charge in [0, 0.05) is 30.5 Å². The van der Waals surface area contributed by atoms with Crippen LogP contribution in [0.1, 0.15) is 18.1 Å². The largest absolute Gasteiger partial charge is 0.355 e. The Bertz CT molecular complexity index is 1590. The summed E-state index contributed by atoms with van der Waals surface area (Å²) in [6, 6.07) is 26.7. The number of fused-ring (bicyclic) bond motifs is 1. The first kappa shape index (κ1) is 28.8. The van der Waals surface area contributed by atoms with Gasteiger partial charge in [0.15, 0.2) is 0 Å². The van der Waals surface area contributed by atoms with Crippen LogP contribution in [0.25, 0.3) is 10.8 Å². The van der Waals surface area contributed by atoms with Gasteiger partial charge in [-0.05, 0) is 30.0 Å². The van der Waals surface area contributed by atoms with Crippen LogP contribution in [0.5, 0.6) is 0 Å². The summed E-state index contributed by atoms with van der Waals surface area (Å²) in [6.45, 7) is 1.32. The minimum atomic E-state index is -3.92. The summed E-state index contributed by atoms with van der Waals surface area (Å²) >= 11 is 0. The summed E-state index contributed by atoms with van der Waals surface area (Å²) in [5.74, 6) is -1.57. The number of benzene rings is 4. The molecule has 0 heterocycles. The predicted molar refractivity (Wildman–Crippen MR) is 156 cm³/mol. The lowest BCUT2D eigenvalue weighted by atomic mass is 10.0. The first-order valence-electron chi connectivity index (χ1n) is 13.0. The molecular weight excluding hydrogens is 529 g/mol. The maximum absolute atomic E-state index is 14.8. The molecule has 40 heavy (non-hydrogen) atoms. The van der Waals surface area contributed by atoms with Crippen molar-refractivity contribution in [1.29, 1.82) is 0 Å². The Kier molecular flexibility index (Phi) is 9.16. The molecular formula is C31H32FN3O4S. The van der Waals surface area contributed by atoms with Gasteiger partial charge < -0.3 is 10.2 Å². The van der Waals surface area contributed by atoms with Crippen molar-refractivity contribution in [2.24, 2.45) is 0 Å². The van der Waals surface area contributed by atoms with Gasteiger partial charge in [-0.15, -0.1) is 0 Å². The van der Waals surface area contributed by atoms with Gasteiger partial charge in [-0.2, -0.15) is 0 Å². The molecule has 0 radical (unpaired) electrons. The molecule has 0 aliphatic rings. The van der Waals surface area contributed by atoms with Crippen LogP contribution in [-0.4, -0.2) is 50.5 Å². The summed E-state index contributed by atoms with van der Waals surface area (Å²) < 4.78 is 42.0. The topological polar surface area (TPSA) is 86.8 Å². The van der Waals surface area contributed by atoms with Gasteiger partial charge in [-0.25, -0.2) is 12.8 Å². The van der Waals surface area contributed by atoms with E-state index in [9.17, 15) is 22.4 Å². The molecule has 0 fully saturated rings. The molecule has 9 heteroatoms. The van der Waals surface area contributed by atoms with Gasteiger partial charge in [0.25, 0.3) is 0 Å². The van der Waals surface area contributed by atoms with E-state index in [-0.39, 0.29) is 18.5 Å². The number of anilines is 1. The van der Waals surface area contributed by atoms with Crippen molar-refractivity contribution in [3.63, 3.8) is 0 Å². The summed E-state index contributed by atoms with van der Waals surface area (Å²) in [7, 11) is -3.92. The van der Waals surface area contributed by atoms with Crippen molar-refractivity contribution in [3.8, 4) is 0 Å². The number of rotatable bonds is 11. The molecule has 0 saturated heterocycles. The Labute approximate surface area is 234 Å². The highest BCUT2D eigenvalue weighted by atomic mass is 32.2. The number of carbonyl (C=O) groups excluding carboxylic acids is 2. The third-order valence-corrected chi connectivity index (χ3v) is 7.76. The van der Waals surface area contributed by atoms with Crippen LogP contribution in [-0.2, 0) is 32.6 Å². The fourth-order valence-electron chi connectivity index (χ4n) is 4.68. The Balaban J connectivity index is 1.78. The Morgan fingerprint density at radius 2 is 1.52 bits per heavy atom. The standard InChI is InChI=1S/C31H32FN3O4S/c1-3-33-31(37)29(20-23-12-5-4-6-13-23)34(21-25-15-8-10-18-27(25)32)30(36)22-35(40(2,38)39)28-19-11-16-24-14-7-9-17-26(24)28/h4-19,29H,3,20-22H2,1-2H3,(H,33,37)/t29-/m1/s1. The molecule has 4 aromatic rings. The van der Waals surface area contributed by atoms with Crippen LogP contribution < -0.4 is 9.62 Å². The summed E-state index contributed by atoms with van der Waals surface area (Å²) in [6.07, 6.45) is 1.20. The fraction of sp³-hybridized carbons (Fsp3) is 0.226. The van der Waals surface area contributed by atoms with Crippen LogP contribution in [0.4, 0.5) is 10.1 Å². The van der Waals surface area contributed by atoms with Gasteiger partial charge >= 0.3 is 0 Å². The number of sulfonamides is 1. The lowest BCUT2D eigenvalue weighted by molar-refractivity contribution is -0.140. The van der Waals surface area contributed by atoms with Crippen molar-refractivity contribution in [2.75, 3.05) is 23.7 Å². The predicted octanol–water partition coefficient (Wildman–Crippen LogP) is 4.52. The lowest BCUT2D eigenvalue weighted by Crippen LogP contribution is -2.53. The van der Waals surface area contributed by atoms with E-state index in [1.54, 1.807) is 49.4 Å². The third kappa shape index (κ3) is 6.84. The average Bonchev–Trinajstić information content (AvgIpc) is 2.94. The zero-order valence-corrected chi connectivity index (χ0v) is 23.3. The molecule has 4 aromatic carbocycles. The molecule has 0 bridgehead atoms. The Morgan fingerprint density at radius 3 is 2.23 bits per heavy atom. The smallest absolute Gasteiger partial charge is 0.244 e. The van der Waals surface area contributed by atoms with E-state index in [2.05, 4.69) is 5.32 Å². The second kappa shape index (κ2) is 12.7. The van der Waals surface area contributed by atoms with Gasteiger partial charge in [0.05, 0.1) is 11.9 Å². The van der Waals surface area contributed by atoms with Gasteiger partial charge in [0.2, 0.25) is 21.8 Å². The second-order valence-electron chi connectivity index (χ2n) is 9.48. The Hall–Kier alpha value is -4.24. The quantitative estimate of drug-likeness (QED) is 0.292. The molecule has 7 nitrogen and oxygen atoms in total. The molecule has 0 aromatic heterocycles. The summed E-state index contributed by atoms with van der Waals surface area (Å²) in [5, 5.41) is 4.26. The molecule has 0 spiro atoms. The number of hydrogen-bond acceptors (Lipinski definition) is 4. The van der Waals surface area contributed by atoms with Crippen LogP contribution in [0.15, 0.2) is 97.1 Å². The van der Waals surface area contributed by atoms with E-state index in [1.807, 2.05) is 48.5 Å². The van der Waals surface area contributed by atoms with Crippen LogP contribution in [0.2, 0.25) is 0 Å². The van der Waals surface area contributed by atoms with Crippen molar-refractivity contribution in [2.45, 2.75) is 25.9 Å². The minimum Gasteiger partial charge on any atom is -0.355 e. The van der Waals surface area contributed by atoms with Crippen LogP contribution in [0.3, 0.4) is 0 Å². The number of hydrogen-bond donors (Lipinski definition) is 1. The second-order valence-corrected chi connectivity index (χ2v) is 11.4. The first-order valence-corrected chi connectivity index (χ1v) is 14.8. The lowest BCUT2D eigenvalue weighted by Gasteiger charge is -2.33. The number of likely N-dealkylation sites (N-methyl/N-ethyl adjacent to an activating group) is 1. The fourth-order valence-corrected chi connectivity index (χ4v) is 5.54. The molecule has 1 atom stereocenters. The Morgan fingerprint density at radius 1 is 0.875 bits per heavy atom. The van der Waals surface area contributed by atoms with Crippen LogP contribution in [0, 0.1) is 5.82 Å². The highest BCUT2D eigenvalue weighted by molar-refractivity contribution is 7.92. The van der Waals surface area contributed by atoms with Crippen LogP contribution >= 0.6 is 0 Å². The highest BCUT2D eigenvalue weighted by Gasteiger charge is 2.33. The summed E-state index contributed by atoms with van der Waals surface area (Å²) in [5.41, 5.74) is 1.37. The molecule has 0 aliphatic heterocycles. The number of amides is 2. The molecule has 4 rings (SSSR count). The van der Waals surface area contributed by atoms with E-state index in [4.69, 9.17) is 0 Å². The number of carbonyl (C=O) groups is 2. The zero-order valence-electron chi connectivity index (χ0n) is 22.5. The van der Waals surface area contributed by atoms with Crippen molar-refractivity contribution >= 4 is 38.3 Å². The van der Waals surface area contributed by atoms with E-state index < -0.39 is 40.2 Å². The van der Waals surface area contributed by atoms with E-state index >= 15 is 0 Å². The van der Waals surface area contributed by atoms with Gasteiger partial charge in [0.1, 0.15) is 18.4 Å². The van der Waals surface area contributed by atoms with Gasteiger partial charge in [-0.1, -0.05) is 84.9 Å². The molecule has 2 amide bonds. The monoisotopic (exact) mass is 561 g/mol. The van der Waals surface area contributed by atoms with Crippen molar-refractivity contribution < 1.29 is 22.4 Å². The SMILES string of the molecule is CCNC(=O)[C@@H](Cc1ccccc1)N(Cc1ccccc1F)C(=O)CN(c1cccc2ccccc12)S(C)(=O)=O. The highest BCUT2D eigenvalue weighted by Crippen LogP contribution is 2.29. The minimum absolute atomic E-state index is 0.167. The molecule has 0 aliphatic carbocycles. The normalized spacial score (nSPS) is 12.1. The van der Waals surface area contributed by atoms with Gasteiger partial charge in [-0.3, -0.25) is 13.9 Å². The van der Waals surface area contributed by atoms with E-state index in [0.717, 1.165) is 21.5 Å². The summed E-state index contributed by atoms with van der Waals surface area (Å²) in [4.78, 5) is 28.7. The maximum atomic E-state index is 14.8. The van der Waals surface area contributed by atoms with E-state index in [1.165, 1.54) is 11.0 Å². The van der Waals surface area contributed by atoms with E-state index in [0.29, 0.717) is 17.6 Å². The maximum Gasteiger partial charge on any atom is 0.244 e. The molecule has 0 saturated carbocycles. The number of halogens is 1. The molecule has 0 unspecified atom stereocenters. The third-order valence-electron chi connectivity index (χ3n) is 6.64. The first-order chi connectivity index (χ1) is 19.2. The number of nitrogens with zero attached hydrogens (tertiary/aromatic N) is 2. The molecule has 1 N–H and O–H groups in total. The van der Waals surface area contributed by atoms with Crippen molar-refractivity contribution in [3.05, 3.63) is 114 Å². The van der Waals surface area contributed by atoms with Crippen molar-refractivity contribution in [1.82, 2.24) is 10.2 Å². The number of nitrogens with one attached hydrogen (secondary N) is 1.